The predicted octanol–water partition coefficient (Wildman–Crippen LogP) is 11.3. The van der Waals surface area contributed by atoms with Gasteiger partial charge in [-0.2, -0.15) is 0 Å². The van der Waals surface area contributed by atoms with E-state index in [1.165, 1.54) is 23.4 Å². The van der Waals surface area contributed by atoms with Gasteiger partial charge in [-0.25, -0.2) is 0 Å². The summed E-state index contributed by atoms with van der Waals surface area (Å²) in [6, 6.07) is 34.2. The number of halogens is 1. The summed E-state index contributed by atoms with van der Waals surface area (Å²) in [5.41, 5.74) is 7.65. The van der Waals surface area contributed by atoms with Crippen molar-refractivity contribution in [2.45, 2.75) is 47.8 Å². The predicted molar refractivity (Wildman–Crippen MR) is 187 cm³/mol. The van der Waals surface area contributed by atoms with Crippen molar-refractivity contribution in [3.63, 3.8) is 0 Å². The van der Waals surface area contributed by atoms with Gasteiger partial charge in [-0.05, 0) is 59.8 Å². The standard InChI is InChI=1S/C24H16NO.C18H21FN.Ir/c1-16-14-22(25-15-21(16)17-8-3-2-4-9-17)20-12-7-11-19-18-10-5-6-13-23(18)26-24(19)20;1-12-6-7-15(16(19)8-12)17-9-14(10-18(3,4)5)13(2)11-20-17;/h2-11,13-15H,1H3;6,8-9,11H,10H2,1-5H3;/q2*-1;/i;1D3,2D3;. The molecule has 239 valence electrons. The van der Waals surface area contributed by atoms with Crippen molar-refractivity contribution < 1.29 is 37.1 Å². The molecule has 7 rings (SSSR count). The van der Waals surface area contributed by atoms with E-state index in [0.29, 0.717) is 12.0 Å². The number of nitrogens with zero attached hydrogens (tertiary/aromatic N) is 2. The van der Waals surface area contributed by atoms with Crippen LogP contribution in [0.5, 0.6) is 0 Å². The van der Waals surface area contributed by atoms with E-state index in [1.807, 2.05) is 69.4 Å². The van der Waals surface area contributed by atoms with Crippen molar-refractivity contribution in [2.24, 2.45) is 5.41 Å². The fourth-order valence-corrected chi connectivity index (χ4v) is 5.51. The number of aromatic nitrogens is 2. The molecule has 0 aliphatic carbocycles. The molecule has 3 nitrogen and oxygen atoms in total. The van der Waals surface area contributed by atoms with Crippen molar-refractivity contribution in [1.29, 1.82) is 0 Å². The van der Waals surface area contributed by atoms with Gasteiger partial charge in [-0.1, -0.05) is 110 Å². The minimum Gasteiger partial charge on any atom is -0.501 e. The molecule has 0 unspecified atom stereocenters. The van der Waals surface area contributed by atoms with E-state index in [-0.39, 0.29) is 47.9 Å². The summed E-state index contributed by atoms with van der Waals surface area (Å²) < 4.78 is 65.6. The summed E-state index contributed by atoms with van der Waals surface area (Å²) in [5, 5.41) is 2.22. The van der Waals surface area contributed by atoms with Crippen LogP contribution in [0.4, 0.5) is 4.39 Å². The molecule has 0 bridgehead atoms. The van der Waals surface area contributed by atoms with Crippen LogP contribution in [-0.2, 0) is 26.5 Å². The van der Waals surface area contributed by atoms with Crippen LogP contribution in [0.3, 0.4) is 0 Å². The number of fused-ring (bicyclic) bond motifs is 3. The summed E-state index contributed by atoms with van der Waals surface area (Å²) in [7, 11) is 0. The molecule has 0 atom stereocenters. The van der Waals surface area contributed by atoms with Crippen LogP contribution in [0.15, 0.2) is 108 Å². The van der Waals surface area contributed by atoms with Crippen LogP contribution in [0.25, 0.3) is 55.6 Å². The monoisotopic (exact) mass is 803 g/mol. The Morgan fingerprint density at radius 3 is 2.28 bits per heavy atom. The number of aryl methyl sites for hydroxylation is 3. The van der Waals surface area contributed by atoms with Gasteiger partial charge in [0.25, 0.3) is 0 Å². The second-order valence-corrected chi connectivity index (χ2v) is 12.5. The maximum atomic E-state index is 14.4. The van der Waals surface area contributed by atoms with E-state index < -0.39 is 19.5 Å². The number of para-hydroxylation sites is 1. The fraction of sp³-hybridized carbons (Fsp3) is 0.190. The van der Waals surface area contributed by atoms with Gasteiger partial charge in [0.05, 0.1) is 5.58 Å². The first kappa shape index (κ1) is 26.6. The minimum atomic E-state index is -2.42. The first-order valence-corrected chi connectivity index (χ1v) is 15.1. The molecule has 0 aliphatic rings. The number of hydrogen-bond donors (Lipinski definition) is 0. The quantitative estimate of drug-likeness (QED) is 0.166. The van der Waals surface area contributed by atoms with Crippen molar-refractivity contribution in [3.05, 3.63) is 144 Å². The topological polar surface area (TPSA) is 38.9 Å². The van der Waals surface area contributed by atoms with Crippen LogP contribution >= 0.6 is 0 Å². The first-order chi connectivity index (χ1) is 24.5. The minimum absolute atomic E-state index is 0. The summed E-state index contributed by atoms with van der Waals surface area (Å²) in [4.78, 5) is 8.80. The molecule has 0 saturated carbocycles. The molecular weight excluding hydrogens is 760 g/mol. The van der Waals surface area contributed by atoms with Crippen molar-refractivity contribution in [3.8, 4) is 33.6 Å². The van der Waals surface area contributed by atoms with E-state index in [0.717, 1.165) is 44.8 Å². The summed E-state index contributed by atoms with van der Waals surface area (Å²) in [5.74, 6) is -0.755. The van der Waals surface area contributed by atoms with E-state index in [4.69, 9.17) is 17.6 Å². The SMILES string of the molecule is Cc1cc(-c2[c-]ccc3c2oc2ccccc23)ncc1-c1ccccc1.[2H]C([2H])([2H])c1c[c-]c(-c2cc(CC(C)(C)C)c(C([2H])([2H])[2H])cn2)c(F)c1.[Ir]. The Hall–Kier alpha value is -4.44. The Balaban J connectivity index is 0.000000201. The van der Waals surface area contributed by atoms with Gasteiger partial charge < -0.3 is 14.4 Å². The van der Waals surface area contributed by atoms with Gasteiger partial charge in [0.2, 0.25) is 0 Å². The molecule has 0 aliphatic heterocycles. The number of rotatable bonds is 4. The Kier molecular flexibility index (Phi) is 8.00. The third-order valence-electron chi connectivity index (χ3n) is 7.65. The van der Waals surface area contributed by atoms with Gasteiger partial charge >= 0.3 is 0 Å². The zero-order valence-corrected chi connectivity index (χ0v) is 28.9. The second kappa shape index (κ2) is 14.1. The summed E-state index contributed by atoms with van der Waals surface area (Å²) in [6.07, 6.45) is 3.66. The molecule has 47 heavy (non-hydrogen) atoms. The van der Waals surface area contributed by atoms with Crippen LogP contribution in [0, 0.1) is 44.0 Å². The van der Waals surface area contributed by atoms with Crippen LogP contribution < -0.4 is 0 Å². The molecule has 0 saturated heterocycles. The van der Waals surface area contributed by atoms with Crippen molar-refractivity contribution >= 4 is 21.9 Å². The number of furan rings is 1. The molecule has 5 heteroatoms. The van der Waals surface area contributed by atoms with Gasteiger partial charge in [-0.15, -0.1) is 42.0 Å². The maximum absolute atomic E-state index is 14.4. The van der Waals surface area contributed by atoms with Crippen LogP contribution in [-0.4, -0.2) is 9.97 Å². The average molecular weight is 803 g/mol. The molecule has 1 radical (unpaired) electrons. The van der Waals surface area contributed by atoms with E-state index in [2.05, 4.69) is 54.4 Å². The van der Waals surface area contributed by atoms with E-state index >= 15 is 0 Å². The Morgan fingerprint density at radius 1 is 0.809 bits per heavy atom. The maximum Gasteiger partial charge on any atom is 0.120 e. The number of pyridine rings is 2. The molecule has 3 heterocycles. The Bertz CT molecular complexity index is 2380. The van der Waals surface area contributed by atoms with Crippen LogP contribution in [0.2, 0.25) is 0 Å². The smallest absolute Gasteiger partial charge is 0.120 e. The van der Waals surface area contributed by atoms with Crippen LogP contribution in [0.1, 0.15) is 51.2 Å². The second-order valence-electron chi connectivity index (χ2n) is 12.5. The van der Waals surface area contributed by atoms with E-state index in [1.54, 1.807) is 6.07 Å². The molecule has 7 aromatic rings. The molecule has 0 fully saturated rings. The third kappa shape index (κ3) is 7.59. The summed E-state index contributed by atoms with van der Waals surface area (Å²) >= 11 is 0. The Morgan fingerprint density at radius 2 is 1.55 bits per heavy atom. The fourth-order valence-electron chi connectivity index (χ4n) is 5.51. The van der Waals surface area contributed by atoms with Gasteiger partial charge in [-0.3, -0.25) is 4.39 Å². The third-order valence-corrected chi connectivity index (χ3v) is 7.65. The number of benzene rings is 4. The number of hydrogen-bond acceptors (Lipinski definition) is 3. The molecule has 0 spiro atoms. The molecular formula is C42H37FIrN2O-2. The van der Waals surface area contributed by atoms with E-state index in [9.17, 15) is 4.39 Å². The average Bonchev–Trinajstić information content (AvgIpc) is 3.46. The molecule has 4 aromatic carbocycles. The normalized spacial score (nSPS) is 13.6. The van der Waals surface area contributed by atoms with Gasteiger partial charge in [0, 0.05) is 57.5 Å². The van der Waals surface area contributed by atoms with Crippen molar-refractivity contribution in [2.75, 3.05) is 0 Å². The first-order valence-electron chi connectivity index (χ1n) is 18.1. The Labute approximate surface area is 298 Å². The summed E-state index contributed by atoms with van der Waals surface area (Å²) in [6.45, 7) is 3.31. The van der Waals surface area contributed by atoms with Gasteiger partial charge in [0.1, 0.15) is 5.58 Å². The van der Waals surface area contributed by atoms with Gasteiger partial charge in [0.15, 0.2) is 0 Å². The molecule has 0 N–H and O–H groups in total. The zero-order chi connectivity index (χ0) is 37.4. The van der Waals surface area contributed by atoms with Crippen molar-refractivity contribution in [1.82, 2.24) is 9.97 Å². The molecule has 3 aromatic heterocycles. The molecule has 0 amide bonds. The zero-order valence-electron chi connectivity index (χ0n) is 32.5. The largest absolute Gasteiger partial charge is 0.501 e.